The fraction of sp³-hybridized carbons (Fsp3) is 0.462. The maximum atomic E-state index is 13.8. The molecule has 0 spiro atoms. The number of hydrogen-bond acceptors (Lipinski definition) is 4. The van der Waals surface area contributed by atoms with Gasteiger partial charge >= 0.3 is 5.69 Å². The van der Waals surface area contributed by atoms with Crippen LogP contribution < -0.4 is 0 Å². The molecule has 114 valence electrons. The summed E-state index contributed by atoms with van der Waals surface area (Å²) in [6.45, 7) is 2.77. The van der Waals surface area contributed by atoms with Gasteiger partial charge in [0.15, 0.2) is 0 Å². The van der Waals surface area contributed by atoms with Gasteiger partial charge in [0.05, 0.1) is 29.3 Å². The maximum Gasteiger partial charge on any atom is 0.307 e. The van der Waals surface area contributed by atoms with Gasteiger partial charge in [-0.25, -0.2) is 4.39 Å². The fourth-order valence-electron chi connectivity index (χ4n) is 2.16. The van der Waals surface area contributed by atoms with E-state index in [2.05, 4.69) is 0 Å². The van der Waals surface area contributed by atoms with E-state index < -0.39 is 33.7 Å². The molecule has 6 nitrogen and oxygen atoms in total. The van der Waals surface area contributed by atoms with Gasteiger partial charge in [0, 0.05) is 13.1 Å². The molecule has 8 heteroatoms. The summed E-state index contributed by atoms with van der Waals surface area (Å²) in [7, 11) is 0. The fourth-order valence-corrected chi connectivity index (χ4v) is 2.16. The molecule has 0 saturated carbocycles. The number of nitrogens with zero attached hydrogens (tertiary/aromatic N) is 2. The molecule has 1 saturated heterocycles. The minimum Gasteiger partial charge on any atom is -0.375 e. The minimum atomic E-state index is -1.23. The molecule has 1 aromatic carbocycles. The molecule has 0 aromatic heterocycles. The van der Waals surface area contributed by atoms with Gasteiger partial charge in [0.2, 0.25) is 5.82 Å². The average Bonchev–Trinajstić information content (AvgIpc) is 2.48. The summed E-state index contributed by atoms with van der Waals surface area (Å²) in [6.07, 6.45) is 0.551. The number of carbonyl (C=O) groups excluding carboxylic acids is 1. The highest BCUT2D eigenvalue weighted by atomic mass is 19.1. The number of hydrogen-bond donors (Lipinski definition) is 0. The van der Waals surface area contributed by atoms with Crippen molar-refractivity contribution in [3.8, 4) is 0 Å². The summed E-state index contributed by atoms with van der Waals surface area (Å²) in [5.74, 6) is -3.03. The predicted molar refractivity (Wildman–Crippen MR) is 68.9 cm³/mol. The number of nitro benzene ring substituents is 1. The quantitative estimate of drug-likeness (QED) is 0.633. The van der Waals surface area contributed by atoms with Crippen LogP contribution in [-0.2, 0) is 4.74 Å². The standard InChI is InChI=1S/C13H14F2N2O4/c1-2-8-7-16(3-4-21-8)13(18)9-5-11(15)12(17(19)20)6-10(9)14/h5-6,8H,2-4,7H2,1H3. The second kappa shape index (κ2) is 6.13. The Morgan fingerprint density at radius 1 is 1.48 bits per heavy atom. The number of halogens is 2. The predicted octanol–water partition coefficient (Wildman–Crippen LogP) is 2.12. The monoisotopic (exact) mass is 300 g/mol. The number of ether oxygens (including phenoxy) is 1. The molecule has 1 fully saturated rings. The summed E-state index contributed by atoms with van der Waals surface area (Å²) in [5, 5.41) is 10.5. The van der Waals surface area contributed by atoms with Crippen LogP contribution in [0.1, 0.15) is 23.7 Å². The highest BCUT2D eigenvalue weighted by Gasteiger charge is 2.28. The smallest absolute Gasteiger partial charge is 0.307 e. The highest BCUT2D eigenvalue weighted by molar-refractivity contribution is 5.94. The van der Waals surface area contributed by atoms with Crippen LogP contribution in [-0.4, -0.2) is 41.5 Å². The molecule has 2 rings (SSSR count). The van der Waals surface area contributed by atoms with E-state index in [0.717, 1.165) is 0 Å². The van der Waals surface area contributed by atoms with Crippen molar-refractivity contribution in [1.82, 2.24) is 4.90 Å². The lowest BCUT2D eigenvalue weighted by atomic mass is 10.1. The zero-order valence-electron chi connectivity index (χ0n) is 11.3. The molecular weight excluding hydrogens is 286 g/mol. The molecule has 1 aliphatic heterocycles. The van der Waals surface area contributed by atoms with Gasteiger partial charge in [-0.3, -0.25) is 14.9 Å². The van der Waals surface area contributed by atoms with Gasteiger partial charge in [-0.2, -0.15) is 4.39 Å². The lowest BCUT2D eigenvalue weighted by molar-refractivity contribution is -0.387. The molecule has 0 bridgehead atoms. The van der Waals surface area contributed by atoms with Crippen molar-refractivity contribution < 1.29 is 23.2 Å². The SMILES string of the molecule is CCC1CN(C(=O)c2cc(F)c([N+](=O)[O-])cc2F)CCO1. The first-order chi connectivity index (χ1) is 9.93. The van der Waals surface area contributed by atoms with Crippen LogP contribution in [0.4, 0.5) is 14.5 Å². The van der Waals surface area contributed by atoms with Crippen molar-refractivity contribution in [2.45, 2.75) is 19.4 Å². The van der Waals surface area contributed by atoms with Crippen molar-refractivity contribution >= 4 is 11.6 Å². The molecule has 1 amide bonds. The third kappa shape index (κ3) is 3.15. The second-order valence-corrected chi connectivity index (χ2v) is 4.69. The molecule has 0 radical (unpaired) electrons. The number of amides is 1. The van der Waals surface area contributed by atoms with Gasteiger partial charge in [-0.1, -0.05) is 6.92 Å². The van der Waals surface area contributed by atoms with E-state index in [-0.39, 0.29) is 19.2 Å². The Kier molecular flexibility index (Phi) is 4.46. The normalized spacial score (nSPS) is 18.6. The van der Waals surface area contributed by atoms with E-state index in [1.165, 1.54) is 4.90 Å². The van der Waals surface area contributed by atoms with Crippen LogP contribution in [0.3, 0.4) is 0 Å². The molecule has 1 heterocycles. The number of morpholine rings is 1. The van der Waals surface area contributed by atoms with E-state index in [1.807, 2.05) is 6.92 Å². The first-order valence-corrected chi connectivity index (χ1v) is 6.48. The van der Waals surface area contributed by atoms with E-state index in [4.69, 9.17) is 4.74 Å². The van der Waals surface area contributed by atoms with Gasteiger partial charge in [-0.05, 0) is 12.5 Å². The van der Waals surface area contributed by atoms with Crippen LogP contribution >= 0.6 is 0 Å². The Morgan fingerprint density at radius 2 is 2.19 bits per heavy atom. The molecule has 0 aliphatic carbocycles. The molecule has 0 N–H and O–H groups in total. The highest BCUT2D eigenvalue weighted by Crippen LogP contribution is 2.23. The Balaban J connectivity index is 2.27. The Bertz CT molecular complexity index is 580. The first-order valence-electron chi connectivity index (χ1n) is 6.48. The third-order valence-corrected chi connectivity index (χ3v) is 3.34. The molecule has 1 aromatic rings. The number of carbonyl (C=O) groups is 1. The van der Waals surface area contributed by atoms with Gasteiger partial charge < -0.3 is 9.64 Å². The third-order valence-electron chi connectivity index (χ3n) is 3.34. The Hall–Kier alpha value is -2.09. The zero-order chi connectivity index (χ0) is 15.6. The first kappa shape index (κ1) is 15.3. The van der Waals surface area contributed by atoms with Crippen LogP contribution in [0, 0.1) is 21.7 Å². The van der Waals surface area contributed by atoms with Crippen LogP contribution in [0.5, 0.6) is 0 Å². The summed E-state index contributed by atoms with van der Waals surface area (Å²) in [6, 6.07) is 1.01. The summed E-state index contributed by atoms with van der Waals surface area (Å²) < 4.78 is 32.8. The summed E-state index contributed by atoms with van der Waals surface area (Å²) in [4.78, 5) is 23.1. The Morgan fingerprint density at radius 3 is 2.81 bits per heavy atom. The second-order valence-electron chi connectivity index (χ2n) is 4.69. The van der Waals surface area contributed by atoms with Crippen LogP contribution in [0.2, 0.25) is 0 Å². The van der Waals surface area contributed by atoms with Gasteiger partial charge in [-0.15, -0.1) is 0 Å². The summed E-state index contributed by atoms with van der Waals surface area (Å²) >= 11 is 0. The van der Waals surface area contributed by atoms with E-state index in [1.54, 1.807) is 0 Å². The van der Waals surface area contributed by atoms with Crippen LogP contribution in [0.15, 0.2) is 12.1 Å². The summed E-state index contributed by atoms with van der Waals surface area (Å²) in [5.41, 5.74) is -1.49. The molecule has 1 atom stereocenters. The lowest BCUT2D eigenvalue weighted by Crippen LogP contribution is -2.45. The molecule has 1 aliphatic rings. The number of rotatable bonds is 3. The Labute approximate surface area is 119 Å². The van der Waals surface area contributed by atoms with Gasteiger partial charge in [0.1, 0.15) is 5.82 Å². The minimum absolute atomic E-state index is 0.145. The van der Waals surface area contributed by atoms with Gasteiger partial charge in [0.25, 0.3) is 5.91 Å². The average molecular weight is 300 g/mol. The lowest BCUT2D eigenvalue weighted by Gasteiger charge is -2.32. The molecule has 1 unspecified atom stereocenters. The van der Waals surface area contributed by atoms with Crippen LogP contribution in [0.25, 0.3) is 0 Å². The van der Waals surface area contributed by atoms with E-state index in [0.29, 0.717) is 25.2 Å². The van der Waals surface area contributed by atoms with Crippen molar-refractivity contribution in [3.05, 3.63) is 39.4 Å². The molecular formula is C13H14F2N2O4. The maximum absolute atomic E-state index is 13.8. The van der Waals surface area contributed by atoms with Crippen molar-refractivity contribution in [2.24, 2.45) is 0 Å². The topological polar surface area (TPSA) is 72.7 Å². The number of benzene rings is 1. The largest absolute Gasteiger partial charge is 0.375 e. The van der Waals surface area contributed by atoms with E-state index >= 15 is 0 Å². The van der Waals surface area contributed by atoms with E-state index in [9.17, 15) is 23.7 Å². The number of nitro groups is 1. The van der Waals surface area contributed by atoms with Crippen molar-refractivity contribution in [2.75, 3.05) is 19.7 Å². The zero-order valence-corrected chi connectivity index (χ0v) is 11.3. The molecule has 21 heavy (non-hydrogen) atoms. The van der Waals surface area contributed by atoms with Crippen molar-refractivity contribution in [3.63, 3.8) is 0 Å². The van der Waals surface area contributed by atoms with Crippen molar-refractivity contribution in [1.29, 1.82) is 0 Å².